The summed E-state index contributed by atoms with van der Waals surface area (Å²) in [6.07, 6.45) is 5.59. The molecule has 5 nitrogen and oxygen atoms in total. The summed E-state index contributed by atoms with van der Waals surface area (Å²) < 4.78 is 12.5. The number of aryl methyl sites for hydroxylation is 1. The predicted octanol–water partition coefficient (Wildman–Crippen LogP) is 2.65. The van der Waals surface area contributed by atoms with E-state index in [1.165, 1.54) is 0 Å². The lowest BCUT2D eigenvalue weighted by Crippen LogP contribution is -1.94. The van der Waals surface area contributed by atoms with E-state index in [2.05, 4.69) is 10.1 Å². The van der Waals surface area contributed by atoms with Gasteiger partial charge in [-0.25, -0.2) is 4.98 Å². The highest BCUT2D eigenvalue weighted by Crippen LogP contribution is 2.37. The molecule has 0 unspecified atom stereocenters. The summed E-state index contributed by atoms with van der Waals surface area (Å²) in [5.74, 6) is 1.31. The Morgan fingerprint density at radius 2 is 1.95 bits per heavy atom. The van der Waals surface area contributed by atoms with Crippen molar-refractivity contribution < 1.29 is 9.47 Å². The highest BCUT2D eigenvalue weighted by atomic mass is 16.5. The summed E-state index contributed by atoms with van der Waals surface area (Å²) >= 11 is 0. The topological polar surface area (TPSA) is 49.2 Å². The number of benzene rings is 1. The molecule has 3 aromatic rings. The minimum Gasteiger partial charge on any atom is -0.496 e. The maximum absolute atomic E-state index is 5.43. The average Bonchev–Trinajstić information content (AvgIpc) is 2.91. The van der Waals surface area contributed by atoms with Crippen LogP contribution >= 0.6 is 0 Å². The van der Waals surface area contributed by atoms with E-state index in [4.69, 9.17) is 9.47 Å². The number of aromatic nitrogens is 3. The van der Waals surface area contributed by atoms with Crippen LogP contribution in [0.1, 0.15) is 0 Å². The van der Waals surface area contributed by atoms with E-state index < -0.39 is 0 Å². The van der Waals surface area contributed by atoms with Gasteiger partial charge in [0.1, 0.15) is 5.75 Å². The van der Waals surface area contributed by atoms with Crippen LogP contribution in [0.2, 0.25) is 0 Å². The van der Waals surface area contributed by atoms with Crippen molar-refractivity contribution >= 4 is 10.8 Å². The van der Waals surface area contributed by atoms with E-state index >= 15 is 0 Å². The van der Waals surface area contributed by atoms with Crippen LogP contribution in [0.25, 0.3) is 21.9 Å². The van der Waals surface area contributed by atoms with Crippen molar-refractivity contribution in [1.29, 1.82) is 0 Å². The van der Waals surface area contributed by atoms with Gasteiger partial charge in [-0.1, -0.05) is 12.1 Å². The third kappa shape index (κ3) is 1.87. The number of hydrogen-bond acceptors (Lipinski definition) is 4. The molecule has 20 heavy (non-hydrogen) atoms. The first-order chi connectivity index (χ1) is 9.74. The fraction of sp³-hybridized carbons (Fsp3) is 0.200. The Hall–Kier alpha value is -2.56. The van der Waals surface area contributed by atoms with Crippen molar-refractivity contribution in [1.82, 2.24) is 14.8 Å². The van der Waals surface area contributed by atoms with Crippen LogP contribution in [0.15, 0.2) is 36.8 Å². The third-order valence-electron chi connectivity index (χ3n) is 3.27. The molecule has 0 saturated carbocycles. The first kappa shape index (κ1) is 12.5. The van der Waals surface area contributed by atoms with Crippen LogP contribution in [-0.2, 0) is 7.05 Å². The smallest absolute Gasteiger partial charge is 0.224 e. The number of ether oxygens (including phenoxy) is 2. The van der Waals surface area contributed by atoms with E-state index in [-0.39, 0.29) is 0 Å². The lowest BCUT2D eigenvalue weighted by Gasteiger charge is -2.11. The Kier molecular flexibility index (Phi) is 3.02. The summed E-state index contributed by atoms with van der Waals surface area (Å²) in [5.41, 5.74) is 2.02. The van der Waals surface area contributed by atoms with Gasteiger partial charge in [0.15, 0.2) is 0 Å². The van der Waals surface area contributed by atoms with E-state index in [1.807, 2.05) is 37.6 Å². The molecular weight excluding hydrogens is 254 g/mol. The van der Waals surface area contributed by atoms with Crippen LogP contribution < -0.4 is 9.47 Å². The standard InChI is InChI=1S/C15H15N3O2/c1-18-9-10(7-17-18)12-8-16-15(20-3)14-11(12)5-4-6-13(14)19-2/h4-9H,1-3H3. The first-order valence-corrected chi connectivity index (χ1v) is 6.23. The van der Waals surface area contributed by atoms with Crippen LogP contribution in [0.5, 0.6) is 11.6 Å². The first-order valence-electron chi connectivity index (χ1n) is 6.23. The van der Waals surface area contributed by atoms with Crippen molar-refractivity contribution in [3.63, 3.8) is 0 Å². The number of rotatable bonds is 3. The Bertz CT molecular complexity index is 755. The molecular formula is C15H15N3O2. The lowest BCUT2D eigenvalue weighted by molar-refractivity contribution is 0.394. The van der Waals surface area contributed by atoms with Gasteiger partial charge in [0.05, 0.1) is 25.8 Å². The second-order valence-electron chi connectivity index (χ2n) is 4.47. The van der Waals surface area contributed by atoms with Gasteiger partial charge in [-0.2, -0.15) is 5.10 Å². The zero-order valence-corrected chi connectivity index (χ0v) is 11.6. The largest absolute Gasteiger partial charge is 0.496 e. The summed E-state index contributed by atoms with van der Waals surface area (Å²) in [5, 5.41) is 6.12. The van der Waals surface area contributed by atoms with Gasteiger partial charge in [0.25, 0.3) is 0 Å². The maximum Gasteiger partial charge on any atom is 0.224 e. The molecule has 2 aromatic heterocycles. The molecule has 0 N–H and O–H groups in total. The molecule has 0 spiro atoms. The van der Waals surface area contributed by atoms with Crippen molar-refractivity contribution in [2.24, 2.45) is 7.05 Å². The molecule has 0 fully saturated rings. The van der Waals surface area contributed by atoms with E-state index in [0.717, 1.165) is 27.6 Å². The molecule has 102 valence electrons. The van der Waals surface area contributed by atoms with Gasteiger partial charge in [0, 0.05) is 36.0 Å². The molecule has 2 heterocycles. The monoisotopic (exact) mass is 269 g/mol. The van der Waals surface area contributed by atoms with E-state index in [9.17, 15) is 0 Å². The van der Waals surface area contributed by atoms with Gasteiger partial charge in [-0.15, -0.1) is 0 Å². The molecule has 0 aliphatic rings. The van der Waals surface area contributed by atoms with Crippen LogP contribution in [0, 0.1) is 0 Å². The number of hydrogen-bond donors (Lipinski definition) is 0. The van der Waals surface area contributed by atoms with Gasteiger partial charge >= 0.3 is 0 Å². The zero-order valence-electron chi connectivity index (χ0n) is 11.6. The summed E-state index contributed by atoms with van der Waals surface area (Å²) in [6, 6.07) is 5.89. The average molecular weight is 269 g/mol. The number of fused-ring (bicyclic) bond motifs is 1. The molecule has 0 saturated heterocycles. The highest BCUT2D eigenvalue weighted by molar-refractivity contribution is 6.02. The van der Waals surface area contributed by atoms with E-state index in [1.54, 1.807) is 25.1 Å². The Labute approximate surface area is 116 Å². The molecule has 0 amide bonds. The summed E-state index contributed by atoms with van der Waals surface area (Å²) in [7, 11) is 5.14. The molecule has 0 bridgehead atoms. The lowest BCUT2D eigenvalue weighted by atomic mass is 10.0. The molecule has 5 heteroatoms. The molecule has 0 radical (unpaired) electrons. The highest BCUT2D eigenvalue weighted by Gasteiger charge is 2.14. The zero-order chi connectivity index (χ0) is 14.1. The Balaban J connectivity index is 2.35. The minimum absolute atomic E-state index is 0.560. The van der Waals surface area contributed by atoms with Crippen LogP contribution in [-0.4, -0.2) is 29.0 Å². The summed E-state index contributed by atoms with van der Waals surface area (Å²) in [4.78, 5) is 4.38. The number of pyridine rings is 1. The number of nitrogens with zero attached hydrogens (tertiary/aromatic N) is 3. The minimum atomic E-state index is 0.560. The van der Waals surface area contributed by atoms with Crippen molar-refractivity contribution in [2.45, 2.75) is 0 Å². The van der Waals surface area contributed by atoms with Crippen molar-refractivity contribution in [3.8, 4) is 22.8 Å². The van der Waals surface area contributed by atoms with Crippen LogP contribution in [0.4, 0.5) is 0 Å². The molecule has 0 aliphatic heterocycles. The van der Waals surface area contributed by atoms with Gasteiger partial charge < -0.3 is 9.47 Å². The van der Waals surface area contributed by atoms with Gasteiger partial charge in [0.2, 0.25) is 5.88 Å². The third-order valence-corrected chi connectivity index (χ3v) is 3.27. The van der Waals surface area contributed by atoms with Crippen LogP contribution in [0.3, 0.4) is 0 Å². The fourth-order valence-corrected chi connectivity index (χ4v) is 2.35. The fourth-order valence-electron chi connectivity index (χ4n) is 2.35. The van der Waals surface area contributed by atoms with Crippen molar-refractivity contribution in [3.05, 3.63) is 36.8 Å². The maximum atomic E-state index is 5.43. The molecule has 0 aliphatic carbocycles. The van der Waals surface area contributed by atoms with E-state index in [0.29, 0.717) is 5.88 Å². The quantitative estimate of drug-likeness (QED) is 0.733. The Morgan fingerprint density at radius 1 is 1.10 bits per heavy atom. The van der Waals surface area contributed by atoms with Gasteiger partial charge in [-0.3, -0.25) is 4.68 Å². The van der Waals surface area contributed by atoms with Gasteiger partial charge in [-0.05, 0) is 6.07 Å². The molecule has 0 atom stereocenters. The second-order valence-corrected chi connectivity index (χ2v) is 4.47. The SMILES string of the molecule is COc1cccc2c(-c3cnn(C)c3)cnc(OC)c12. The normalized spacial score (nSPS) is 10.8. The number of methoxy groups -OCH3 is 2. The summed E-state index contributed by atoms with van der Waals surface area (Å²) in [6.45, 7) is 0. The molecule has 1 aromatic carbocycles. The van der Waals surface area contributed by atoms with Crippen molar-refractivity contribution in [2.75, 3.05) is 14.2 Å². The Morgan fingerprint density at radius 3 is 2.60 bits per heavy atom. The second kappa shape index (κ2) is 4.85. The molecule has 3 rings (SSSR count). The predicted molar refractivity (Wildman–Crippen MR) is 77.0 cm³/mol.